The SMILES string of the molecule is CCc1cc2c(NCC3(C)CCC3)nc(Cl)nc2s1. The molecular weight excluding hydrogens is 278 g/mol. The monoisotopic (exact) mass is 295 g/mol. The van der Waals surface area contributed by atoms with Gasteiger partial charge in [0.15, 0.2) is 0 Å². The normalized spacial score (nSPS) is 17.4. The summed E-state index contributed by atoms with van der Waals surface area (Å²) in [7, 11) is 0. The van der Waals surface area contributed by atoms with Gasteiger partial charge in [-0.05, 0) is 42.3 Å². The van der Waals surface area contributed by atoms with Gasteiger partial charge in [-0.25, -0.2) is 9.97 Å². The number of nitrogens with zero attached hydrogens (tertiary/aromatic N) is 2. The molecule has 2 heterocycles. The third-order valence-electron chi connectivity index (χ3n) is 4.01. The smallest absolute Gasteiger partial charge is 0.225 e. The molecule has 0 aromatic carbocycles. The Hall–Kier alpha value is -0.870. The van der Waals surface area contributed by atoms with E-state index in [9.17, 15) is 0 Å². The van der Waals surface area contributed by atoms with E-state index in [1.807, 2.05) is 0 Å². The summed E-state index contributed by atoms with van der Waals surface area (Å²) in [5.41, 5.74) is 0.424. The van der Waals surface area contributed by atoms with E-state index < -0.39 is 0 Å². The Morgan fingerprint density at radius 1 is 1.42 bits per heavy atom. The molecule has 0 unspecified atom stereocenters. The molecule has 0 saturated heterocycles. The maximum absolute atomic E-state index is 6.02. The summed E-state index contributed by atoms with van der Waals surface area (Å²) in [6.45, 7) is 5.45. The van der Waals surface area contributed by atoms with Crippen molar-refractivity contribution in [3.05, 3.63) is 16.2 Å². The molecule has 1 aliphatic rings. The fourth-order valence-electron chi connectivity index (χ4n) is 2.51. The minimum Gasteiger partial charge on any atom is -0.369 e. The van der Waals surface area contributed by atoms with E-state index >= 15 is 0 Å². The van der Waals surface area contributed by atoms with E-state index in [-0.39, 0.29) is 0 Å². The van der Waals surface area contributed by atoms with Crippen LogP contribution in [0.5, 0.6) is 0 Å². The molecule has 0 spiro atoms. The maximum Gasteiger partial charge on any atom is 0.225 e. The molecule has 0 radical (unpaired) electrons. The van der Waals surface area contributed by atoms with E-state index in [4.69, 9.17) is 11.6 Å². The molecule has 19 heavy (non-hydrogen) atoms. The molecular formula is C14H18ClN3S. The van der Waals surface area contributed by atoms with Crippen LogP contribution in [0.1, 0.15) is 38.0 Å². The summed E-state index contributed by atoms with van der Waals surface area (Å²) in [5, 5.41) is 4.92. The van der Waals surface area contributed by atoms with Crippen LogP contribution in [0.15, 0.2) is 6.07 Å². The first kappa shape index (κ1) is 13.1. The number of hydrogen-bond acceptors (Lipinski definition) is 4. The van der Waals surface area contributed by atoms with Crippen molar-refractivity contribution in [3.63, 3.8) is 0 Å². The number of fused-ring (bicyclic) bond motifs is 1. The summed E-state index contributed by atoms with van der Waals surface area (Å²) in [5.74, 6) is 0.888. The van der Waals surface area contributed by atoms with E-state index in [0.717, 1.165) is 29.0 Å². The van der Waals surface area contributed by atoms with Crippen LogP contribution >= 0.6 is 22.9 Å². The number of halogens is 1. The van der Waals surface area contributed by atoms with Crippen molar-refractivity contribution < 1.29 is 0 Å². The quantitative estimate of drug-likeness (QED) is 0.843. The molecule has 2 aromatic rings. The van der Waals surface area contributed by atoms with Crippen molar-refractivity contribution in [2.24, 2.45) is 5.41 Å². The lowest BCUT2D eigenvalue weighted by atomic mass is 9.70. The Labute approximate surface area is 122 Å². The fourth-order valence-corrected chi connectivity index (χ4v) is 3.69. The lowest BCUT2D eigenvalue weighted by molar-refractivity contribution is 0.180. The first-order valence-electron chi connectivity index (χ1n) is 6.79. The molecule has 0 aliphatic heterocycles. The molecule has 0 amide bonds. The van der Waals surface area contributed by atoms with Crippen LogP contribution < -0.4 is 5.32 Å². The highest BCUT2D eigenvalue weighted by atomic mass is 35.5. The zero-order valence-corrected chi connectivity index (χ0v) is 12.9. The number of nitrogens with one attached hydrogen (secondary N) is 1. The van der Waals surface area contributed by atoms with Crippen LogP contribution in [0.3, 0.4) is 0 Å². The molecule has 0 bridgehead atoms. The van der Waals surface area contributed by atoms with Crippen molar-refractivity contribution in [3.8, 4) is 0 Å². The van der Waals surface area contributed by atoms with E-state index in [1.54, 1.807) is 11.3 Å². The second kappa shape index (κ2) is 4.91. The highest BCUT2D eigenvalue weighted by molar-refractivity contribution is 7.18. The molecule has 3 rings (SSSR count). The summed E-state index contributed by atoms with van der Waals surface area (Å²) in [4.78, 5) is 11.0. The second-order valence-electron chi connectivity index (χ2n) is 5.64. The molecule has 5 heteroatoms. The molecule has 102 valence electrons. The van der Waals surface area contributed by atoms with E-state index in [2.05, 4.69) is 35.2 Å². The van der Waals surface area contributed by atoms with Gasteiger partial charge in [0.2, 0.25) is 5.28 Å². The van der Waals surface area contributed by atoms with Crippen LogP contribution in [-0.2, 0) is 6.42 Å². The first-order chi connectivity index (χ1) is 9.09. The van der Waals surface area contributed by atoms with Crippen molar-refractivity contribution in [1.82, 2.24) is 9.97 Å². The van der Waals surface area contributed by atoms with Crippen LogP contribution in [0, 0.1) is 5.41 Å². The number of aryl methyl sites for hydroxylation is 1. The Morgan fingerprint density at radius 3 is 2.84 bits per heavy atom. The second-order valence-corrected chi connectivity index (χ2v) is 7.10. The number of thiophene rings is 1. The third kappa shape index (κ3) is 2.56. The summed E-state index contributed by atoms with van der Waals surface area (Å²) in [6.07, 6.45) is 4.96. The predicted molar refractivity (Wildman–Crippen MR) is 82.3 cm³/mol. The van der Waals surface area contributed by atoms with Gasteiger partial charge in [-0.15, -0.1) is 11.3 Å². The van der Waals surface area contributed by atoms with Crippen LogP contribution in [-0.4, -0.2) is 16.5 Å². The number of rotatable bonds is 4. The molecule has 3 nitrogen and oxygen atoms in total. The number of hydrogen-bond donors (Lipinski definition) is 1. The summed E-state index contributed by atoms with van der Waals surface area (Å²) in [6, 6.07) is 2.18. The Bertz CT molecular complexity index is 604. The largest absolute Gasteiger partial charge is 0.369 e. The van der Waals surface area contributed by atoms with Gasteiger partial charge in [0.05, 0.1) is 5.39 Å². The number of anilines is 1. The Balaban J connectivity index is 1.90. The van der Waals surface area contributed by atoms with Crippen molar-refractivity contribution in [1.29, 1.82) is 0 Å². The van der Waals surface area contributed by atoms with Crippen LogP contribution in [0.25, 0.3) is 10.2 Å². The number of aromatic nitrogens is 2. The van der Waals surface area contributed by atoms with Gasteiger partial charge in [0, 0.05) is 11.4 Å². The minimum absolute atomic E-state index is 0.332. The van der Waals surface area contributed by atoms with Crippen molar-refractivity contribution in [2.45, 2.75) is 39.5 Å². The van der Waals surface area contributed by atoms with Crippen LogP contribution in [0.2, 0.25) is 5.28 Å². The highest BCUT2D eigenvalue weighted by Gasteiger charge is 2.31. The summed E-state index contributed by atoms with van der Waals surface area (Å²) < 4.78 is 0. The lowest BCUT2D eigenvalue weighted by Crippen LogP contribution is -2.33. The van der Waals surface area contributed by atoms with Gasteiger partial charge in [0.1, 0.15) is 10.6 Å². The van der Waals surface area contributed by atoms with Crippen molar-refractivity contribution >= 4 is 39.0 Å². The molecule has 2 aromatic heterocycles. The first-order valence-corrected chi connectivity index (χ1v) is 7.99. The van der Waals surface area contributed by atoms with Crippen LogP contribution in [0.4, 0.5) is 5.82 Å². The predicted octanol–water partition coefficient (Wildman–Crippen LogP) is 4.51. The molecule has 1 N–H and O–H groups in total. The minimum atomic E-state index is 0.332. The Morgan fingerprint density at radius 2 is 2.21 bits per heavy atom. The Kier molecular flexibility index (Phi) is 3.39. The molecule has 1 fully saturated rings. The maximum atomic E-state index is 6.02. The van der Waals surface area contributed by atoms with Gasteiger partial charge in [-0.1, -0.05) is 20.3 Å². The van der Waals surface area contributed by atoms with E-state index in [0.29, 0.717) is 10.7 Å². The van der Waals surface area contributed by atoms with Gasteiger partial charge in [-0.2, -0.15) is 0 Å². The van der Waals surface area contributed by atoms with Crippen molar-refractivity contribution in [2.75, 3.05) is 11.9 Å². The topological polar surface area (TPSA) is 37.8 Å². The highest BCUT2D eigenvalue weighted by Crippen LogP contribution is 2.40. The van der Waals surface area contributed by atoms with Gasteiger partial charge >= 0.3 is 0 Å². The zero-order valence-electron chi connectivity index (χ0n) is 11.3. The average Bonchev–Trinajstić information content (AvgIpc) is 2.76. The zero-order chi connectivity index (χ0) is 13.5. The lowest BCUT2D eigenvalue weighted by Gasteiger charge is -2.38. The van der Waals surface area contributed by atoms with Gasteiger partial charge in [0.25, 0.3) is 0 Å². The molecule has 1 saturated carbocycles. The van der Waals surface area contributed by atoms with Gasteiger partial charge < -0.3 is 5.32 Å². The fraction of sp³-hybridized carbons (Fsp3) is 0.571. The third-order valence-corrected chi connectivity index (χ3v) is 5.35. The molecule has 1 aliphatic carbocycles. The average molecular weight is 296 g/mol. The molecule has 0 atom stereocenters. The van der Waals surface area contributed by atoms with Gasteiger partial charge in [-0.3, -0.25) is 0 Å². The summed E-state index contributed by atoms with van der Waals surface area (Å²) >= 11 is 7.72. The van der Waals surface area contributed by atoms with E-state index in [1.165, 1.54) is 24.1 Å². The standard InChI is InChI=1S/C14H18ClN3S/c1-3-9-7-10-11(16-8-14(2)5-4-6-14)17-13(15)18-12(10)19-9/h7H,3-6,8H2,1-2H3,(H,16,17,18).